The van der Waals surface area contributed by atoms with Gasteiger partial charge in [0.2, 0.25) is 11.8 Å². The third-order valence-electron chi connectivity index (χ3n) is 9.50. The number of ether oxygens (including phenoxy) is 2. The molecular formula is C41H48N4O5. The molecule has 2 saturated heterocycles. The fourth-order valence-corrected chi connectivity index (χ4v) is 6.68. The first-order chi connectivity index (χ1) is 24.4. The number of aliphatic hydroxyl groups excluding tert-OH is 1. The summed E-state index contributed by atoms with van der Waals surface area (Å²) < 4.78 is 13.2. The van der Waals surface area contributed by atoms with Crippen molar-refractivity contribution < 1.29 is 24.2 Å². The van der Waals surface area contributed by atoms with E-state index in [1.165, 1.54) is 19.3 Å². The molecule has 4 aromatic carbocycles. The molecule has 9 heteroatoms. The molecule has 0 saturated carbocycles. The Morgan fingerprint density at radius 1 is 0.780 bits per heavy atom. The molecule has 0 radical (unpaired) electrons. The summed E-state index contributed by atoms with van der Waals surface area (Å²) in [6, 6.07) is 31.6. The average Bonchev–Trinajstić information content (AvgIpc) is 3.15. The van der Waals surface area contributed by atoms with Crippen LogP contribution in [0.1, 0.15) is 79.6 Å². The second kappa shape index (κ2) is 17.4. The van der Waals surface area contributed by atoms with Gasteiger partial charge in [-0.1, -0.05) is 85.3 Å². The maximum atomic E-state index is 12.5. The number of para-hydroxylation sites is 2. The van der Waals surface area contributed by atoms with Crippen LogP contribution in [-0.2, 0) is 32.2 Å². The lowest BCUT2D eigenvalue weighted by Crippen LogP contribution is -2.41. The highest BCUT2D eigenvalue weighted by molar-refractivity contribution is 5.94. The number of piperidine rings is 1. The average molecular weight is 677 g/mol. The molecule has 9 nitrogen and oxygen atoms in total. The van der Waals surface area contributed by atoms with Crippen molar-refractivity contribution in [1.29, 1.82) is 0 Å². The summed E-state index contributed by atoms with van der Waals surface area (Å²) in [5, 5.41) is 15.3. The first-order valence-corrected chi connectivity index (χ1v) is 17.8. The van der Waals surface area contributed by atoms with Gasteiger partial charge in [-0.05, 0) is 78.4 Å². The van der Waals surface area contributed by atoms with Gasteiger partial charge in [-0.2, -0.15) is 0 Å². The van der Waals surface area contributed by atoms with E-state index in [4.69, 9.17) is 15.2 Å². The number of carbonyl (C=O) groups is 2. The number of rotatable bonds is 13. The van der Waals surface area contributed by atoms with Gasteiger partial charge in [0, 0.05) is 37.9 Å². The van der Waals surface area contributed by atoms with Crippen molar-refractivity contribution in [1.82, 2.24) is 10.2 Å². The van der Waals surface area contributed by atoms with Crippen molar-refractivity contribution in [2.24, 2.45) is 0 Å². The molecule has 5 N–H and O–H groups in total. The van der Waals surface area contributed by atoms with Crippen LogP contribution >= 0.6 is 0 Å². The van der Waals surface area contributed by atoms with E-state index in [-0.39, 0.29) is 43.5 Å². The molecular weight excluding hydrogens is 628 g/mol. The highest BCUT2D eigenvalue weighted by atomic mass is 16.7. The Bertz CT molecular complexity index is 1710. The quantitative estimate of drug-likeness (QED) is 0.114. The molecule has 50 heavy (non-hydrogen) atoms. The van der Waals surface area contributed by atoms with Crippen LogP contribution in [0.15, 0.2) is 97.1 Å². The maximum Gasteiger partial charge on any atom is 0.224 e. The minimum absolute atomic E-state index is 0.0208. The number of nitrogens with zero attached hydrogens (tertiary/aromatic N) is 1. The van der Waals surface area contributed by atoms with Crippen LogP contribution in [-0.4, -0.2) is 47.6 Å². The van der Waals surface area contributed by atoms with Crippen LogP contribution in [0.4, 0.5) is 11.4 Å². The van der Waals surface area contributed by atoms with Gasteiger partial charge in [0.05, 0.1) is 30.2 Å². The fourth-order valence-electron chi connectivity index (χ4n) is 6.68. The number of hydrogen-bond donors (Lipinski definition) is 4. The number of nitrogens with one attached hydrogen (secondary N) is 2. The number of hydrogen-bond acceptors (Lipinski definition) is 7. The lowest BCUT2D eigenvalue weighted by molar-refractivity contribution is -0.253. The second-order valence-corrected chi connectivity index (χ2v) is 13.3. The van der Waals surface area contributed by atoms with E-state index < -0.39 is 6.29 Å². The largest absolute Gasteiger partial charge is 0.397 e. The molecule has 0 unspecified atom stereocenters. The summed E-state index contributed by atoms with van der Waals surface area (Å²) in [6.45, 7) is 3.55. The number of carbonyl (C=O) groups excluding carboxylic acids is 2. The van der Waals surface area contributed by atoms with Crippen molar-refractivity contribution in [3.8, 4) is 11.1 Å². The SMILES string of the molecule is Nc1ccccc1NC(=O)CCCC(=O)NCc1cccc(-c2ccc([C@H]3O[C@@H](CN4CCCCC4)C[C@@H](c4ccc(CO)cc4)O3)cc2)c1. The molecule has 3 atom stereocenters. The van der Waals surface area contributed by atoms with Gasteiger partial charge in [-0.15, -0.1) is 0 Å². The summed E-state index contributed by atoms with van der Waals surface area (Å²) in [4.78, 5) is 27.3. The Labute approximate surface area is 294 Å². The number of nitrogens with two attached hydrogens (primary N) is 1. The standard InChI is InChI=1S/C41H48N4O5/c42-36-10-2-3-11-37(36)44-40(48)13-7-12-39(47)43-26-30-8-6-9-34(24-30)31-18-20-33(21-19-31)41-49-35(27-45-22-4-1-5-23-45)25-38(50-41)32-16-14-29(28-46)15-17-32/h2-3,6,8-11,14-21,24,35,38,41,46H,1,4-5,7,12-13,22-23,25-28,42H2,(H,43,47)(H,44,48)/t35-,38+,41+/m1/s1. The van der Waals surface area contributed by atoms with E-state index in [9.17, 15) is 14.7 Å². The Hall–Kier alpha value is -4.54. The van der Waals surface area contributed by atoms with Crippen molar-refractivity contribution in [2.45, 2.75) is 76.6 Å². The van der Waals surface area contributed by atoms with Crippen molar-refractivity contribution >= 4 is 23.2 Å². The third-order valence-corrected chi connectivity index (χ3v) is 9.50. The summed E-state index contributed by atoms with van der Waals surface area (Å²) in [6.07, 6.45) is 4.96. The van der Waals surface area contributed by atoms with Crippen molar-refractivity contribution in [3.63, 3.8) is 0 Å². The van der Waals surface area contributed by atoms with E-state index >= 15 is 0 Å². The Morgan fingerprint density at radius 2 is 1.52 bits per heavy atom. The number of likely N-dealkylation sites (tertiary alicyclic amines) is 1. The molecule has 2 amide bonds. The van der Waals surface area contributed by atoms with Gasteiger partial charge in [0.1, 0.15) is 0 Å². The van der Waals surface area contributed by atoms with Gasteiger partial charge in [0.15, 0.2) is 6.29 Å². The Morgan fingerprint density at radius 3 is 2.28 bits per heavy atom. The Kier molecular flexibility index (Phi) is 12.3. The van der Waals surface area contributed by atoms with Crippen LogP contribution in [0.3, 0.4) is 0 Å². The van der Waals surface area contributed by atoms with Crippen molar-refractivity contribution in [2.75, 3.05) is 30.7 Å². The number of aliphatic hydroxyl groups is 1. The Balaban J connectivity index is 1.03. The number of nitrogen functional groups attached to an aromatic ring is 1. The van der Waals surface area contributed by atoms with Gasteiger partial charge >= 0.3 is 0 Å². The molecule has 2 fully saturated rings. The van der Waals surface area contributed by atoms with E-state index in [1.807, 2.05) is 36.4 Å². The predicted octanol–water partition coefficient (Wildman–Crippen LogP) is 6.88. The molecule has 2 heterocycles. The molecule has 0 aromatic heterocycles. The topological polar surface area (TPSA) is 126 Å². The minimum Gasteiger partial charge on any atom is -0.397 e. The molecule has 4 aromatic rings. The highest BCUT2D eigenvalue weighted by Crippen LogP contribution is 2.39. The second-order valence-electron chi connectivity index (χ2n) is 13.3. The zero-order valence-corrected chi connectivity index (χ0v) is 28.6. The normalized spacial score (nSPS) is 19.5. The summed E-state index contributed by atoms with van der Waals surface area (Å²) in [5.74, 6) is -0.262. The molecule has 2 aliphatic rings. The predicted molar refractivity (Wildman–Crippen MR) is 196 cm³/mol. The van der Waals surface area contributed by atoms with Crippen molar-refractivity contribution in [3.05, 3.63) is 119 Å². The lowest BCUT2D eigenvalue weighted by Gasteiger charge is -2.39. The summed E-state index contributed by atoms with van der Waals surface area (Å²) >= 11 is 0. The van der Waals surface area contributed by atoms with Crippen LogP contribution in [0.25, 0.3) is 11.1 Å². The van der Waals surface area contributed by atoms with Crippen LogP contribution in [0.5, 0.6) is 0 Å². The van der Waals surface area contributed by atoms with E-state index in [0.29, 0.717) is 24.3 Å². The van der Waals surface area contributed by atoms with Gasteiger partial charge in [0.25, 0.3) is 0 Å². The third kappa shape index (κ3) is 9.79. The first-order valence-electron chi connectivity index (χ1n) is 17.8. The van der Waals surface area contributed by atoms with Crippen LogP contribution in [0, 0.1) is 0 Å². The minimum atomic E-state index is -0.487. The molecule has 6 rings (SSSR count). The van der Waals surface area contributed by atoms with E-state index in [1.54, 1.807) is 12.1 Å². The van der Waals surface area contributed by atoms with Crippen LogP contribution in [0.2, 0.25) is 0 Å². The summed E-state index contributed by atoms with van der Waals surface area (Å²) in [7, 11) is 0. The van der Waals surface area contributed by atoms with Gasteiger partial charge in [-0.25, -0.2) is 0 Å². The molecule has 2 aliphatic heterocycles. The highest BCUT2D eigenvalue weighted by Gasteiger charge is 2.33. The molecule has 262 valence electrons. The molecule has 0 aliphatic carbocycles. The number of amides is 2. The summed E-state index contributed by atoms with van der Waals surface area (Å²) in [5.41, 5.74) is 13.0. The number of benzene rings is 4. The fraction of sp³-hybridized carbons (Fsp3) is 0.366. The zero-order chi connectivity index (χ0) is 34.7. The molecule has 0 bridgehead atoms. The van der Waals surface area contributed by atoms with Crippen LogP contribution < -0.4 is 16.4 Å². The first kappa shape index (κ1) is 35.3. The van der Waals surface area contributed by atoms with E-state index in [0.717, 1.165) is 59.4 Å². The maximum absolute atomic E-state index is 12.5. The van der Waals surface area contributed by atoms with Gasteiger partial charge in [-0.3, -0.25) is 9.59 Å². The smallest absolute Gasteiger partial charge is 0.224 e. The monoisotopic (exact) mass is 676 g/mol. The zero-order valence-electron chi connectivity index (χ0n) is 28.6. The number of anilines is 2. The molecule has 0 spiro atoms. The van der Waals surface area contributed by atoms with Gasteiger partial charge < -0.3 is 35.8 Å². The van der Waals surface area contributed by atoms with E-state index in [2.05, 4.69) is 64.1 Å². The lowest BCUT2D eigenvalue weighted by atomic mass is 9.98.